The number of carbonyl (C=O) groups excluding carboxylic acids is 2. The number of hydrogen-bond acceptors (Lipinski definition) is 4. The lowest BCUT2D eigenvalue weighted by molar-refractivity contribution is -0.158. The van der Waals surface area contributed by atoms with Crippen LogP contribution in [-0.2, 0) is 19.1 Å². The zero-order chi connectivity index (χ0) is 19.4. The van der Waals surface area contributed by atoms with E-state index >= 15 is 0 Å². The van der Waals surface area contributed by atoms with Gasteiger partial charge in [-0.1, -0.05) is 53.4 Å². The molecule has 0 N–H and O–H groups in total. The van der Waals surface area contributed by atoms with Gasteiger partial charge in [0.2, 0.25) is 0 Å². The largest absolute Gasteiger partial charge is 0.462 e. The number of hydrogen-bond donors (Lipinski definition) is 0. The van der Waals surface area contributed by atoms with Gasteiger partial charge in [-0.2, -0.15) is 0 Å². The summed E-state index contributed by atoms with van der Waals surface area (Å²) in [4.78, 5) is 24.0. The van der Waals surface area contributed by atoms with Crippen molar-refractivity contribution in [2.75, 3.05) is 0 Å². The third-order valence-corrected chi connectivity index (χ3v) is 5.00. The zero-order valence-corrected chi connectivity index (χ0v) is 17.4. The summed E-state index contributed by atoms with van der Waals surface area (Å²) in [5.74, 6) is 1.18. The summed E-state index contributed by atoms with van der Waals surface area (Å²) in [7, 11) is 0. The van der Waals surface area contributed by atoms with Crippen molar-refractivity contribution in [2.24, 2.45) is 11.8 Å². The van der Waals surface area contributed by atoms with Crippen LogP contribution in [0, 0.1) is 11.8 Å². The fourth-order valence-corrected chi connectivity index (χ4v) is 3.45. The highest BCUT2D eigenvalue weighted by Gasteiger charge is 2.27. The molecule has 4 heteroatoms. The molecule has 1 saturated carbocycles. The highest BCUT2D eigenvalue weighted by Crippen LogP contribution is 2.25. The van der Waals surface area contributed by atoms with Crippen molar-refractivity contribution in [3.63, 3.8) is 0 Å². The molecule has 152 valence electrons. The number of unbranched alkanes of at least 4 members (excludes halogenated alkanes) is 2. The Hall–Kier alpha value is -1.06. The molecule has 4 nitrogen and oxygen atoms in total. The van der Waals surface area contributed by atoms with Crippen LogP contribution < -0.4 is 0 Å². The molecule has 0 heterocycles. The maximum atomic E-state index is 12.0. The van der Waals surface area contributed by atoms with Crippen LogP contribution in [0.3, 0.4) is 0 Å². The topological polar surface area (TPSA) is 52.6 Å². The van der Waals surface area contributed by atoms with Crippen molar-refractivity contribution in [1.82, 2.24) is 0 Å². The van der Waals surface area contributed by atoms with E-state index in [0.717, 1.165) is 57.8 Å². The van der Waals surface area contributed by atoms with E-state index in [1.54, 1.807) is 0 Å². The SMILES string of the molecule is CC(C)CCCCC(=O)OC1CCCC(OC(=O)CCCCC(C)C)C1. The first-order valence-corrected chi connectivity index (χ1v) is 10.8. The van der Waals surface area contributed by atoms with E-state index in [1.165, 1.54) is 0 Å². The maximum Gasteiger partial charge on any atom is 0.306 e. The van der Waals surface area contributed by atoms with Gasteiger partial charge >= 0.3 is 11.9 Å². The molecule has 0 aliphatic heterocycles. The van der Waals surface area contributed by atoms with Gasteiger partial charge in [-0.05, 0) is 43.9 Å². The number of ether oxygens (including phenoxy) is 2. The molecule has 1 aliphatic carbocycles. The number of carbonyl (C=O) groups is 2. The predicted octanol–water partition coefficient (Wildman–Crippen LogP) is 5.82. The molecule has 1 aliphatic rings. The molecule has 0 aromatic carbocycles. The van der Waals surface area contributed by atoms with Gasteiger partial charge in [0.05, 0.1) is 0 Å². The third kappa shape index (κ3) is 11.5. The quantitative estimate of drug-likeness (QED) is 0.322. The van der Waals surface area contributed by atoms with E-state index in [0.29, 0.717) is 31.1 Å². The molecular formula is C22H40O4. The summed E-state index contributed by atoms with van der Waals surface area (Å²) in [6.07, 6.45) is 10.5. The predicted molar refractivity (Wildman–Crippen MR) is 105 cm³/mol. The molecule has 0 aromatic rings. The minimum Gasteiger partial charge on any atom is -0.462 e. The summed E-state index contributed by atoms with van der Waals surface area (Å²) in [5.41, 5.74) is 0. The molecule has 2 atom stereocenters. The molecule has 26 heavy (non-hydrogen) atoms. The Morgan fingerprint density at radius 1 is 0.769 bits per heavy atom. The van der Waals surface area contributed by atoms with Gasteiger partial charge in [0, 0.05) is 19.3 Å². The third-order valence-electron chi connectivity index (χ3n) is 5.00. The highest BCUT2D eigenvalue weighted by molar-refractivity contribution is 5.70. The lowest BCUT2D eigenvalue weighted by Crippen LogP contribution is -2.31. The molecular weight excluding hydrogens is 328 g/mol. The minimum atomic E-state index is -0.0978. The number of esters is 2. The molecule has 1 rings (SSSR count). The Kier molecular flexibility index (Phi) is 11.6. The van der Waals surface area contributed by atoms with E-state index in [4.69, 9.17) is 9.47 Å². The molecule has 0 radical (unpaired) electrons. The second-order valence-corrected chi connectivity index (χ2v) is 8.67. The van der Waals surface area contributed by atoms with E-state index in [9.17, 15) is 9.59 Å². The van der Waals surface area contributed by atoms with Crippen LogP contribution in [0.1, 0.15) is 105 Å². The Labute approximate surface area is 160 Å². The Bertz CT molecular complexity index is 367. The van der Waals surface area contributed by atoms with E-state index < -0.39 is 0 Å². The molecule has 1 fully saturated rings. The van der Waals surface area contributed by atoms with Crippen LogP contribution >= 0.6 is 0 Å². The van der Waals surface area contributed by atoms with E-state index in [-0.39, 0.29) is 24.1 Å². The van der Waals surface area contributed by atoms with Crippen LogP contribution in [0.15, 0.2) is 0 Å². The maximum absolute atomic E-state index is 12.0. The van der Waals surface area contributed by atoms with Crippen LogP contribution in [0.4, 0.5) is 0 Å². The average Bonchev–Trinajstić information content (AvgIpc) is 2.55. The Morgan fingerprint density at radius 3 is 1.58 bits per heavy atom. The zero-order valence-electron chi connectivity index (χ0n) is 17.4. The molecule has 0 aromatic heterocycles. The number of rotatable bonds is 12. The lowest BCUT2D eigenvalue weighted by atomic mass is 9.94. The van der Waals surface area contributed by atoms with Crippen molar-refractivity contribution in [1.29, 1.82) is 0 Å². The first kappa shape index (κ1) is 23.0. The molecule has 0 amide bonds. The van der Waals surface area contributed by atoms with Crippen LogP contribution in [-0.4, -0.2) is 24.1 Å². The van der Waals surface area contributed by atoms with Gasteiger partial charge in [-0.15, -0.1) is 0 Å². The van der Waals surface area contributed by atoms with E-state index in [2.05, 4.69) is 27.7 Å². The summed E-state index contributed by atoms with van der Waals surface area (Å²) in [5, 5.41) is 0. The van der Waals surface area contributed by atoms with Gasteiger partial charge in [0.1, 0.15) is 12.2 Å². The van der Waals surface area contributed by atoms with Crippen molar-refractivity contribution in [2.45, 2.75) is 117 Å². The fraction of sp³-hybridized carbons (Fsp3) is 0.909. The van der Waals surface area contributed by atoms with Crippen molar-refractivity contribution < 1.29 is 19.1 Å². The van der Waals surface area contributed by atoms with Gasteiger partial charge in [0.15, 0.2) is 0 Å². The molecule has 0 spiro atoms. The van der Waals surface area contributed by atoms with Crippen molar-refractivity contribution in [3.05, 3.63) is 0 Å². The van der Waals surface area contributed by atoms with Crippen molar-refractivity contribution >= 4 is 11.9 Å². The molecule has 2 unspecified atom stereocenters. The first-order valence-electron chi connectivity index (χ1n) is 10.8. The minimum absolute atomic E-state index is 0.0833. The Morgan fingerprint density at radius 2 is 1.19 bits per heavy atom. The molecule has 0 bridgehead atoms. The van der Waals surface area contributed by atoms with E-state index in [1.807, 2.05) is 0 Å². The summed E-state index contributed by atoms with van der Waals surface area (Å²) >= 11 is 0. The fourth-order valence-electron chi connectivity index (χ4n) is 3.45. The monoisotopic (exact) mass is 368 g/mol. The second-order valence-electron chi connectivity index (χ2n) is 8.67. The summed E-state index contributed by atoms with van der Waals surface area (Å²) < 4.78 is 11.2. The average molecular weight is 369 g/mol. The normalized spacial score (nSPS) is 20.4. The van der Waals surface area contributed by atoms with Gasteiger partial charge in [0.25, 0.3) is 0 Å². The first-order chi connectivity index (χ1) is 12.4. The van der Waals surface area contributed by atoms with Crippen molar-refractivity contribution in [3.8, 4) is 0 Å². The van der Waals surface area contributed by atoms with Crippen LogP contribution in [0.5, 0.6) is 0 Å². The highest BCUT2D eigenvalue weighted by atomic mass is 16.6. The lowest BCUT2D eigenvalue weighted by Gasteiger charge is -2.28. The Balaban J connectivity index is 2.18. The second kappa shape index (κ2) is 13.2. The van der Waals surface area contributed by atoms with Gasteiger partial charge in [-0.3, -0.25) is 9.59 Å². The van der Waals surface area contributed by atoms with Crippen LogP contribution in [0.2, 0.25) is 0 Å². The van der Waals surface area contributed by atoms with Gasteiger partial charge < -0.3 is 9.47 Å². The summed E-state index contributed by atoms with van der Waals surface area (Å²) in [6, 6.07) is 0. The standard InChI is InChI=1S/C22H40O4/c1-17(2)10-5-7-14-21(23)25-19-12-9-13-20(16-19)26-22(24)15-8-6-11-18(3)4/h17-20H,5-16H2,1-4H3. The van der Waals surface area contributed by atoms with Crippen LogP contribution in [0.25, 0.3) is 0 Å². The smallest absolute Gasteiger partial charge is 0.306 e. The van der Waals surface area contributed by atoms with Gasteiger partial charge in [-0.25, -0.2) is 0 Å². The molecule has 0 saturated heterocycles. The summed E-state index contributed by atoms with van der Waals surface area (Å²) in [6.45, 7) is 8.80.